The zero-order chi connectivity index (χ0) is 17.8. The Hall–Kier alpha value is -1.70. The molecule has 0 atom stereocenters. The second-order valence-corrected chi connectivity index (χ2v) is 8.45. The Balaban J connectivity index is 1.64. The molecule has 0 radical (unpaired) electrons. The van der Waals surface area contributed by atoms with Crippen molar-refractivity contribution < 1.29 is 4.79 Å². The SMILES string of the molecule is CCc1ccc(-c2nc(CC(=O)Nc3nc(C)c(SC)s3)cs2)cc1. The zero-order valence-electron chi connectivity index (χ0n) is 14.3. The highest BCUT2D eigenvalue weighted by molar-refractivity contribution is 8.00. The number of nitrogens with one attached hydrogen (secondary N) is 1. The van der Waals surface area contributed by atoms with Gasteiger partial charge in [-0.05, 0) is 25.2 Å². The Labute approximate surface area is 159 Å². The molecule has 0 bridgehead atoms. The minimum absolute atomic E-state index is 0.0837. The Morgan fingerprint density at radius 2 is 2.00 bits per heavy atom. The maximum atomic E-state index is 12.2. The van der Waals surface area contributed by atoms with Gasteiger partial charge in [-0.25, -0.2) is 9.97 Å². The largest absolute Gasteiger partial charge is 0.302 e. The Bertz CT molecular complexity index is 868. The van der Waals surface area contributed by atoms with E-state index in [1.807, 2.05) is 18.6 Å². The van der Waals surface area contributed by atoms with E-state index in [0.717, 1.165) is 32.6 Å². The number of benzene rings is 1. The number of thioether (sulfide) groups is 1. The molecule has 0 saturated heterocycles. The summed E-state index contributed by atoms with van der Waals surface area (Å²) in [5.41, 5.74) is 4.15. The van der Waals surface area contributed by atoms with Gasteiger partial charge in [0.2, 0.25) is 5.91 Å². The molecule has 4 nitrogen and oxygen atoms in total. The minimum atomic E-state index is -0.0837. The molecule has 1 aromatic carbocycles. The second kappa shape index (κ2) is 8.12. The van der Waals surface area contributed by atoms with Crippen LogP contribution in [0, 0.1) is 6.92 Å². The number of nitrogens with zero attached hydrogens (tertiary/aromatic N) is 2. The normalized spacial score (nSPS) is 10.8. The van der Waals surface area contributed by atoms with Crippen molar-refractivity contribution >= 4 is 45.5 Å². The average Bonchev–Trinajstić information content (AvgIpc) is 3.21. The molecule has 0 fully saturated rings. The summed E-state index contributed by atoms with van der Waals surface area (Å²) in [7, 11) is 0. The first-order valence-corrected chi connectivity index (χ1v) is 10.9. The quantitative estimate of drug-likeness (QED) is 0.600. The number of amides is 1. The molecule has 0 saturated carbocycles. The molecule has 1 N–H and O–H groups in total. The summed E-state index contributed by atoms with van der Waals surface area (Å²) < 4.78 is 1.13. The van der Waals surface area contributed by atoms with Crippen molar-refractivity contribution in [2.75, 3.05) is 11.6 Å². The van der Waals surface area contributed by atoms with Gasteiger partial charge in [0.15, 0.2) is 5.13 Å². The fraction of sp³-hybridized carbons (Fsp3) is 0.278. The van der Waals surface area contributed by atoms with Gasteiger partial charge in [-0.2, -0.15) is 0 Å². The highest BCUT2D eigenvalue weighted by atomic mass is 32.2. The molecule has 0 aliphatic carbocycles. The molecule has 0 aliphatic heterocycles. The number of thiazole rings is 2. The molecule has 1 amide bonds. The number of hydrogen-bond acceptors (Lipinski definition) is 6. The highest BCUT2D eigenvalue weighted by Gasteiger charge is 2.12. The van der Waals surface area contributed by atoms with Gasteiger partial charge in [0.1, 0.15) is 5.01 Å². The summed E-state index contributed by atoms with van der Waals surface area (Å²) in [5.74, 6) is -0.0837. The van der Waals surface area contributed by atoms with E-state index in [1.54, 1.807) is 23.1 Å². The number of aromatic nitrogens is 2. The third-order valence-electron chi connectivity index (χ3n) is 3.69. The summed E-state index contributed by atoms with van der Waals surface area (Å²) in [4.78, 5) is 21.2. The van der Waals surface area contributed by atoms with Crippen molar-refractivity contribution in [3.8, 4) is 10.6 Å². The smallest absolute Gasteiger partial charge is 0.232 e. The fourth-order valence-corrected chi connectivity index (χ4v) is 4.81. The number of anilines is 1. The predicted octanol–water partition coefficient (Wildman–Crippen LogP) is 5.04. The zero-order valence-corrected chi connectivity index (χ0v) is 16.8. The summed E-state index contributed by atoms with van der Waals surface area (Å²) >= 11 is 4.72. The van der Waals surface area contributed by atoms with Gasteiger partial charge in [0, 0.05) is 10.9 Å². The van der Waals surface area contributed by atoms with Crippen LogP contribution >= 0.6 is 34.4 Å². The molecule has 3 aromatic rings. The van der Waals surface area contributed by atoms with Crippen molar-refractivity contribution in [3.05, 3.63) is 46.6 Å². The lowest BCUT2D eigenvalue weighted by molar-refractivity contribution is -0.115. The van der Waals surface area contributed by atoms with E-state index in [4.69, 9.17) is 0 Å². The molecule has 2 heterocycles. The average molecular weight is 390 g/mol. The lowest BCUT2D eigenvalue weighted by Gasteiger charge is -2.00. The van der Waals surface area contributed by atoms with Gasteiger partial charge in [0.25, 0.3) is 0 Å². The second-order valence-electron chi connectivity index (χ2n) is 5.52. The Kier molecular flexibility index (Phi) is 5.88. The molecule has 0 unspecified atom stereocenters. The van der Waals surface area contributed by atoms with E-state index in [1.165, 1.54) is 16.9 Å². The monoisotopic (exact) mass is 389 g/mol. The maximum Gasteiger partial charge on any atom is 0.232 e. The van der Waals surface area contributed by atoms with Gasteiger partial charge >= 0.3 is 0 Å². The van der Waals surface area contributed by atoms with Gasteiger partial charge in [0.05, 0.1) is 22.0 Å². The molecule has 25 heavy (non-hydrogen) atoms. The van der Waals surface area contributed by atoms with Crippen LogP contribution in [0.5, 0.6) is 0 Å². The molecule has 0 spiro atoms. The van der Waals surface area contributed by atoms with Crippen molar-refractivity contribution in [1.82, 2.24) is 9.97 Å². The molecule has 7 heteroatoms. The number of carbonyl (C=O) groups is 1. The lowest BCUT2D eigenvalue weighted by atomic mass is 10.1. The Morgan fingerprint density at radius 1 is 1.24 bits per heavy atom. The van der Waals surface area contributed by atoms with Crippen LogP contribution in [0.15, 0.2) is 33.9 Å². The topological polar surface area (TPSA) is 54.9 Å². The summed E-state index contributed by atoms with van der Waals surface area (Å²) in [6.45, 7) is 4.09. The third-order valence-corrected chi connectivity index (χ3v) is 6.91. The van der Waals surface area contributed by atoms with Crippen LogP contribution in [0.2, 0.25) is 0 Å². The fourth-order valence-electron chi connectivity index (χ4n) is 2.36. The first-order chi connectivity index (χ1) is 12.1. The van der Waals surface area contributed by atoms with Gasteiger partial charge in [-0.15, -0.1) is 23.1 Å². The number of rotatable bonds is 6. The van der Waals surface area contributed by atoms with Crippen molar-refractivity contribution in [1.29, 1.82) is 0 Å². The van der Waals surface area contributed by atoms with Gasteiger partial charge in [-0.3, -0.25) is 4.79 Å². The lowest BCUT2D eigenvalue weighted by Crippen LogP contribution is -2.14. The summed E-state index contributed by atoms with van der Waals surface area (Å²) in [6.07, 6.45) is 3.30. The maximum absolute atomic E-state index is 12.2. The van der Waals surface area contributed by atoms with Crippen LogP contribution in [0.1, 0.15) is 23.9 Å². The highest BCUT2D eigenvalue weighted by Crippen LogP contribution is 2.30. The van der Waals surface area contributed by atoms with E-state index in [0.29, 0.717) is 5.13 Å². The number of hydrogen-bond donors (Lipinski definition) is 1. The van der Waals surface area contributed by atoms with Crippen LogP contribution in [0.3, 0.4) is 0 Å². The van der Waals surface area contributed by atoms with Crippen molar-refractivity contribution in [2.24, 2.45) is 0 Å². The first-order valence-electron chi connectivity index (χ1n) is 7.94. The standard InChI is InChI=1S/C18H19N3OS3/c1-4-12-5-7-13(8-6-12)16-20-14(10-24-16)9-15(22)21-18-19-11(2)17(23-3)25-18/h5-8,10H,4,9H2,1-3H3,(H,19,21,22). The van der Waals surface area contributed by atoms with E-state index < -0.39 is 0 Å². The molecular formula is C18H19N3OS3. The summed E-state index contributed by atoms with van der Waals surface area (Å²) in [5, 5.41) is 6.41. The molecule has 2 aromatic heterocycles. The molecule has 130 valence electrons. The van der Waals surface area contributed by atoms with E-state index in [-0.39, 0.29) is 12.3 Å². The van der Waals surface area contributed by atoms with Crippen LogP contribution in [0.4, 0.5) is 5.13 Å². The van der Waals surface area contributed by atoms with Gasteiger partial charge < -0.3 is 5.32 Å². The minimum Gasteiger partial charge on any atom is -0.302 e. The van der Waals surface area contributed by atoms with Crippen molar-refractivity contribution in [2.45, 2.75) is 30.9 Å². The van der Waals surface area contributed by atoms with Crippen molar-refractivity contribution in [3.63, 3.8) is 0 Å². The van der Waals surface area contributed by atoms with E-state index >= 15 is 0 Å². The van der Waals surface area contributed by atoms with E-state index in [2.05, 4.69) is 46.5 Å². The third kappa shape index (κ3) is 4.48. The molecule has 3 rings (SSSR count). The van der Waals surface area contributed by atoms with Crippen LogP contribution < -0.4 is 5.32 Å². The summed E-state index contributed by atoms with van der Waals surface area (Å²) in [6, 6.07) is 8.42. The Morgan fingerprint density at radius 3 is 2.64 bits per heavy atom. The van der Waals surface area contributed by atoms with Gasteiger partial charge in [-0.1, -0.05) is 42.5 Å². The first kappa shape index (κ1) is 18.1. The van der Waals surface area contributed by atoms with Crippen LogP contribution in [-0.4, -0.2) is 22.1 Å². The molecular weight excluding hydrogens is 370 g/mol. The van der Waals surface area contributed by atoms with Crippen LogP contribution in [-0.2, 0) is 17.6 Å². The number of carbonyl (C=O) groups excluding carboxylic acids is 1. The number of aryl methyl sites for hydroxylation is 2. The predicted molar refractivity (Wildman–Crippen MR) is 108 cm³/mol. The molecule has 0 aliphatic rings. The van der Waals surface area contributed by atoms with Crippen LogP contribution in [0.25, 0.3) is 10.6 Å². The van der Waals surface area contributed by atoms with E-state index in [9.17, 15) is 4.79 Å².